The average Bonchev–Trinajstić information content (AvgIpc) is 3.36. The molecule has 0 fully saturated rings. The van der Waals surface area contributed by atoms with Gasteiger partial charge in [0.1, 0.15) is 13.2 Å². The molecular weight excluding hydrogens is 865 g/mol. The van der Waals surface area contributed by atoms with E-state index >= 15 is 0 Å². The van der Waals surface area contributed by atoms with Crippen molar-refractivity contribution in [2.75, 3.05) is 13.2 Å². The fourth-order valence-corrected chi connectivity index (χ4v) is 8.86. The van der Waals surface area contributed by atoms with Crippen molar-refractivity contribution in [1.29, 1.82) is 0 Å². The van der Waals surface area contributed by atoms with E-state index in [0.29, 0.717) is 19.3 Å². The van der Waals surface area contributed by atoms with Gasteiger partial charge in [0, 0.05) is 19.3 Å². The van der Waals surface area contributed by atoms with Gasteiger partial charge in [-0.15, -0.1) is 0 Å². The molecule has 0 amide bonds. The first-order valence-electron chi connectivity index (χ1n) is 30.6. The highest BCUT2D eigenvalue weighted by molar-refractivity contribution is 5.71. The van der Waals surface area contributed by atoms with Crippen LogP contribution in [0.4, 0.5) is 0 Å². The Morgan fingerprint density at radius 3 is 0.857 bits per heavy atom. The van der Waals surface area contributed by atoms with Crippen LogP contribution in [0.2, 0.25) is 0 Å². The van der Waals surface area contributed by atoms with E-state index in [0.717, 1.165) is 77.0 Å². The molecule has 1 unspecified atom stereocenters. The lowest BCUT2D eigenvalue weighted by molar-refractivity contribution is -0.167. The van der Waals surface area contributed by atoms with E-state index in [4.69, 9.17) is 14.2 Å². The predicted molar refractivity (Wildman–Crippen MR) is 302 cm³/mol. The molecule has 0 heterocycles. The first-order chi connectivity index (χ1) is 34.5. The Hall–Kier alpha value is -2.63. The molecule has 0 spiro atoms. The third-order valence-electron chi connectivity index (χ3n) is 13.5. The smallest absolute Gasteiger partial charge is 0.306 e. The van der Waals surface area contributed by atoms with Gasteiger partial charge in [-0.2, -0.15) is 0 Å². The molecule has 6 heteroatoms. The van der Waals surface area contributed by atoms with Gasteiger partial charge < -0.3 is 14.2 Å². The molecule has 0 rings (SSSR count). The van der Waals surface area contributed by atoms with E-state index in [2.05, 4.69) is 69.4 Å². The Balaban J connectivity index is 4.27. The van der Waals surface area contributed by atoms with Gasteiger partial charge in [-0.25, -0.2) is 0 Å². The second kappa shape index (κ2) is 58.9. The molecule has 0 radical (unpaired) electrons. The highest BCUT2D eigenvalue weighted by atomic mass is 16.6. The molecule has 408 valence electrons. The Kier molecular flexibility index (Phi) is 56.7. The summed E-state index contributed by atoms with van der Waals surface area (Å²) >= 11 is 0. The van der Waals surface area contributed by atoms with Crippen molar-refractivity contribution in [2.24, 2.45) is 0 Å². The minimum Gasteiger partial charge on any atom is -0.462 e. The molecule has 0 aromatic carbocycles. The number of ether oxygens (including phenoxy) is 3. The fraction of sp³-hybridized carbons (Fsp3) is 0.828. The third kappa shape index (κ3) is 56.3. The zero-order valence-corrected chi connectivity index (χ0v) is 46.8. The van der Waals surface area contributed by atoms with E-state index in [1.54, 1.807) is 0 Å². The van der Waals surface area contributed by atoms with E-state index in [9.17, 15) is 14.4 Å². The minimum atomic E-state index is -0.780. The van der Waals surface area contributed by atoms with Gasteiger partial charge in [-0.1, -0.05) is 256 Å². The van der Waals surface area contributed by atoms with Gasteiger partial charge in [0.2, 0.25) is 0 Å². The molecule has 0 aliphatic heterocycles. The Labute approximate surface area is 435 Å². The molecule has 6 nitrogen and oxygen atoms in total. The summed E-state index contributed by atoms with van der Waals surface area (Å²) in [4.78, 5) is 38.2. The standard InChI is InChI=1S/C64H116O6/c1-4-7-10-13-16-19-22-24-26-28-30-31-32-33-34-36-37-39-42-45-48-51-54-57-63(66)69-60-61(59-68-62(65)56-53-50-47-44-41-21-18-15-12-9-6-3)70-64(67)58-55-52-49-46-43-40-38-35-29-27-25-23-20-17-14-11-8-5-2/h15,18,20,23,27-30,61H,4-14,16-17,19,21-22,24-26,31-60H2,1-3H3/b18-15-,23-20-,29-27-,30-28-. The molecule has 1 atom stereocenters. The van der Waals surface area contributed by atoms with Gasteiger partial charge in [-0.3, -0.25) is 14.4 Å². The number of esters is 3. The van der Waals surface area contributed by atoms with Crippen LogP contribution < -0.4 is 0 Å². The summed E-state index contributed by atoms with van der Waals surface area (Å²) in [5.41, 5.74) is 0. The quantitative estimate of drug-likeness (QED) is 0.0261. The highest BCUT2D eigenvalue weighted by Crippen LogP contribution is 2.16. The Morgan fingerprint density at radius 1 is 0.286 bits per heavy atom. The minimum absolute atomic E-state index is 0.0776. The molecule has 0 saturated heterocycles. The fourth-order valence-electron chi connectivity index (χ4n) is 8.86. The van der Waals surface area contributed by atoms with Crippen molar-refractivity contribution in [3.05, 3.63) is 48.6 Å². The van der Waals surface area contributed by atoms with Crippen molar-refractivity contribution >= 4 is 17.9 Å². The van der Waals surface area contributed by atoms with Crippen LogP contribution in [0.5, 0.6) is 0 Å². The molecule has 0 saturated carbocycles. The first-order valence-corrected chi connectivity index (χ1v) is 30.6. The van der Waals surface area contributed by atoms with Crippen LogP contribution in [-0.2, 0) is 28.6 Å². The van der Waals surface area contributed by atoms with E-state index in [1.807, 2.05) is 0 Å². The SMILES string of the molecule is CCCC/C=C\CCCCCCCC(=O)OCC(COC(=O)CCCCCCCCCCCCC/C=C\CCCCCCCCCC)OC(=O)CCCCCCCCC/C=C\C/C=C\CCCCCC. The Morgan fingerprint density at radius 2 is 0.529 bits per heavy atom. The van der Waals surface area contributed by atoms with E-state index < -0.39 is 6.10 Å². The summed E-state index contributed by atoms with van der Waals surface area (Å²) in [6.07, 6.45) is 72.6. The van der Waals surface area contributed by atoms with Crippen molar-refractivity contribution in [1.82, 2.24) is 0 Å². The van der Waals surface area contributed by atoms with Crippen LogP contribution in [0.15, 0.2) is 48.6 Å². The lowest BCUT2D eigenvalue weighted by Gasteiger charge is -2.18. The number of carbonyl (C=O) groups is 3. The maximum Gasteiger partial charge on any atom is 0.306 e. The maximum atomic E-state index is 12.9. The number of hydrogen-bond acceptors (Lipinski definition) is 6. The largest absolute Gasteiger partial charge is 0.462 e. The van der Waals surface area contributed by atoms with Crippen LogP contribution in [0, 0.1) is 0 Å². The maximum absolute atomic E-state index is 12.9. The highest BCUT2D eigenvalue weighted by Gasteiger charge is 2.19. The first kappa shape index (κ1) is 67.4. The summed E-state index contributed by atoms with van der Waals surface area (Å²) in [5, 5.41) is 0. The zero-order chi connectivity index (χ0) is 50.7. The second-order valence-corrected chi connectivity index (χ2v) is 20.6. The van der Waals surface area contributed by atoms with E-state index in [1.165, 1.54) is 205 Å². The van der Waals surface area contributed by atoms with Gasteiger partial charge in [-0.05, 0) is 96.3 Å². The molecule has 0 aliphatic rings. The van der Waals surface area contributed by atoms with Crippen LogP contribution in [0.3, 0.4) is 0 Å². The number of allylic oxidation sites excluding steroid dienone is 8. The zero-order valence-electron chi connectivity index (χ0n) is 46.8. The summed E-state index contributed by atoms with van der Waals surface area (Å²) in [7, 11) is 0. The molecule has 0 aromatic rings. The third-order valence-corrected chi connectivity index (χ3v) is 13.5. The van der Waals surface area contributed by atoms with Crippen LogP contribution in [0.25, 0.3) is 0 Å². The number of unbranched alkanes of at least 4 members (excludes halogenated alkanes) is 37. The number of hydrogen-bond donors (Lipinski definition) is 0. The van der Waals surface area contributed by atoms with Crippen LogP contribution in [0.1, 0.15) is 323 Å². The Bertz CT molecular complexity index is 1220. The van der Waals surface area contributed by atoms with E-state index in [-0.39, 0.29) is 31.1 Å². The normalized spacial score (nSPS) is 12.3. The van der Waals surface area contributed by atoms with Gasteiger partial charge in [0.15, 0.2) is 6.10 Å². The van der Waals surface area contributed by atoms with Gasteiger partial charge in [0.05, 0.1) is 0 Å². The second-order valence-electron chi connectivity index (χ2n) is 20.6. The summed E-state index contributed by atoms with van der Waals surface area (Å²) in [6, 6.07) is 0. The summed E-state index contributed by atoms with van der Waals surface area (Å²) in [5.74, 6) is -0.882. The topological polar surface area (TPSA) is 78.9 Å². The number of carbonyl (C=O) groups excluding carboxylic acids is 3. The van der Waals surface area contributed by atoms with Crippen molar-refractivity contribution in [2.45, 2.75) is 329 Å². The van der Waals surface area contributed by atoms with Crippen molar-refractivity contribution in [3.8, 4) is 0 Å². The molecular formula is C64H116O6. The average molecular weight is 982 g/mol. The lowest BCUT2D eigenvalue weighted by Crippen LogP contribution is -2.30. The van der Waals surface area contributed by atoms with Gasteiger partial charge in [0.25, 0.3) is 0 Å². The summed E-state index contributed by atoms with van der Waals surface area (Å²) in [6.45, 7) is 6.61. The molecule has 70 heavy (non-hydrogen) atoms. The number of rotatable bonds is 56. The van der Waals surface area contributed by atoms with Crippen molar-refractivity contribution < 1.29 is 28.6 Å². The monoisotopic (exact) mass is 981 g/mol. The summed E-state index contributed by atoms with van der Waals surface area (Å²) < 4.78 is 16.9. The van der Waals surface area contributed by atoms with Gasteiger partial charge >= 0.3 is 17.9 Å². The molecule has 0 aliphatic carbocycles. The molecule has 0 N–H and O–H groups in total. The predicted octanol–water partition coefficient (Wildman–Crippen LogP) is 20.6. The van der Waals surface area contributed by atoms with Crippen molar-refractivity contribution in [3.63, 3.8) is 0 Å². The molecule has 0 aromatic heterocycles. The van der Waals surface area contributed by atoms with Crippen LogP contribution >= 0.6 is 0 Å². The van der Waals surface area contributed by atoms with Crippen LogP contribution in [-0.4, -0.2) is 37.2 Å². The lowest BCUT2D eigenvalue weighted by atomic mass is 10.0. The molecule has 0 bridgehead atoms.